The molecule has 0 spiro atoms. The van der Waals surface area contributed by atoms with Crippen molar-refractivity contribution < 1.29 is 22.6 Å². The maximum atomic E-state index is 12.0. The SMILES string of the molecule is CC1CC(Nc2ccc(OC(F)(F)F)cc2)CCO1. The minimum Gasteiger partial charge on any atom is -0.406 e. The average molecular weight is 275 g/mol. The van der Waals surface area contributed by atoms with Crippen LogP contribution < -0.4 is 10.1 Å². The van der Waals surface area contributed by atoms with Crippen molar-refractivity contribution in [1.29, 1.82) is 0 Å². The third kappa shape index (κ3) is 4.63. The van der Waals surface area contributed by atoms with Gasteiger partial charge in [0.2, 0.25) is 0 Å². The number of halogens is 3. The van der Waals surface area contributed by atoms with E-state index in [0.717, 1.165) is 18.5 Å². The van der Waals surface area contributed by atoms with E-state index < -0.39 is 6.36 Å². The largest absolute Gasteiger partial charge is 0.573 e. The Morgan fingerprint density at radius 1 is 1.26 bits per heavy atom. The van der Waals surface area contributed by atoms with Gasteiger partial charge in [-0.1, -0.05) is 0 Å². The van der Waals surface area contributed by atoms with Crippen LogP contribution in [0.15, 0.2) is 24.3 Å². The summed E-state index contributed by atoms with van der Waals surface area (Å²) < 4.78 is 45.3. The summed E-state index contributed by atoms with van der Waals surface area (Å²) in [6, 6.07) is 6.07. The number of anilines is 1. The molecule has 19 heavy (non-hydrogen) atoms. The lowest BCUT2D eigenvalue weighted by molar-refractivity contribution is -0.274. The molecule has 2 atom stereocenters. The van der Waals surface area contributed by atoms with Crippen LogP contribution in [-0.2, 0) is 4.74 Å². The van der Waals surface area contributed by atoms with Crippen LogP contribution in [0.5, 0.6) is 5.75 Å². The van der Waals surface area contributed by atoms with Gasteiger partial charge in [0, 0.05) is 18.3 Å². The molecule has 2 unspecified atom stereocenters. The molecule has 1 aromatic carbocycles. The number of rotatable bonds is 3. The molecule has 1 N–H and O–H groups in total. The van der Waals surface area contributed by atoms with E-state index in [4.69, 9.17) is 4.74 Å². The van der Waals surface area contributed by atoms with Crippen molar-refractivity contribution in [2.75, 3.05) is 11.9 Å². The Labute approximate surface area is 109 Å². The first-order valence-corrected chi connectivity index (χ1v) is 6.16. The van der Waals surface area contributed by atoms with Crippen LogP contribution in [-0.4, -0.2) is 25.1 Å². The second-order valence-electron chi connectivity index (χ2n) is 4.62. The van der Waals surface area contributed by atoms with E-state index in [2.05, 4.69) is 10.1 Å². The fraction of sp³-hybridized carbons (Fsp3) is 0.538. The third-order valence-electron chi connectivity index (χ3n) is 2.94. The summed E-state index contributed by atoms with van der Waals surface area (Å²) in [6.07, 6.45) is -2.66. The smallest absolute Gasteiger partial charge is 0.406 e. The molecule has 3 nitrogen and oxygen atoms in total. The number of hydrogen-bond donors (Lipinski definition) is 1. The lowest BCUT2D eigenvalue weighted by Crippen LogP contribution is -2.32. The van der Waals surface area contributed by atoms with Crippen molar-refractivity contribution in [3.8, 4) is 5.75 Å². The Bertz CT molecular complexity index is 405. The summed E-state index contributed by atoms with van der Waals surface area (Å²) in [5, 5.41) is 3.28. The van der Waals surface area contributed by atoms with E-state index in [1.54, 1.807) is 12.1 Å². The predicted molar refractivity (Wildman–Crippen MR) is 65.2 cm³/mol. The monoisotopic (exact) mass is 275 g/mol. The summed E-state index contributed by atoms with van der Waals surface area (Å²) >= 11 is 0. The van der Waals surface area contributed by atoms with Gasteiger partial charge < -0.3 is 14.8 Å². The van der Waals surface area contributed by atoms with Gasteiger partial charge in [-0.3, -0.25) is 0 Å². The Kier molecular flexibility index (Phi) is 4.19. The average Bonchev–Trinajstić information content (AvgIpc) is 2.30. The topological polar surface area (TPSA) is 30.5 Å². The minimum atomic E-state index is -4.65. The van der Waals surface area contributed by atoms with Crippen LogP contribution >= 0.6 is 0 Å². The van der Waals surface area contributed by atoms with Crippen molar-refractivity contribution >= 4 is 5.69 Å². The van der Waals surface area contributed by atoms with Gasteiger partial charge in [-0.05, 0) is 44.0 Å². The van der Waals surface area contributed by atoms with Gasteiger partial charge >= 0.3 is 6.36 Å². The first-order chi connectivity index (χ1) is 8.92. The van der Waals surface area contributed by atoms with Crippen molar-refractivity contribution in [1.82, 2.24) is 0 Å². The fourth-order valence-corrected chi connectivity index (χ4v) is 2.12. The van der Waals surface area contributed by atoms with E-state index >= 15 is 0 Å². The fourth-order valence-electron chi connectivity index (χ4n) is 2.12. The van der Waals surface area contributed by atoms with Crippen molar-refractivity contribution in [3.05, 3.63) is 24.3 Å². The highest BCUT2D eigenvalue weighted by Gasteiger charge is 2.31. The Morgan fingerprint density at radius 3 is 2.53 bits per heavy atom. The number of ether oxygens (including phenoxy) is 2. The first kappa shape index (κ1) is 14.0. The standard InChI is InChI=1S/C13H16F3NO2/c1-9-8-11(6-7-18-9)17-10-2-4-12(5-3-10)19-13(14,15)16/h2-5,9,11,17H,6-8H2,1H3. The highest BCUT2D eigenvalue weighted by Crippen LogP contribution is 2.25. The Hall–Kier alpha value is -1.43. The zero-order chi connectivity index (χ0) is 13.9. The van der Waals surface area contributed by atoms with Crippen LogP contribution in [0.3, 0.4) is 0 Å². The van der Waals surface area contributed by atoms with E-state index in [9.17, 15) is 13.2 Å². The molecule has 1 aliphatic rings. The lowest BCUT2D eigenvalue weighted by Gasteiger charge is -2.28. The number of hydrogen-bond acceptors (Lipinski definition) is 3. The zero-order valence-electron chi connectivity index (χ0n) is 10.5. The number of alkyl halides is 3. The van der Waals surface area contributed by atoms with Gasteiger partial charge in [-0.2, -0.15) is 0 Å². The van der Waals surface area contributed by atoms with Crippen molar-refractivity contribution in [2.24, 2.45) is 0 Å². The Morgan fingerprint density at radius 2 is 1.95 bits per heavy atom. The van der Waals surface area contributed by atoms with Crippen LogP contribution in [0.25, 0.3) is 0 Å². The third-order valence-corrected chi connectivity index (χ3v) is 2.94. The van der Waals surface area contributed by atoms with Gasteiger partial charge in [-0.25, -0.2) is 0 Å². The highest BCUT2D eigenvalue weighted by atomic mass is 19.4. The second-order valence-corrected chi connectivity index (χ2v) is 4.62. The molecule has 0 amide bonds. The molecule has 0 bridgehead atoms. The maximum absolute atomic E-state index is 12.0. The normalized spacial score (nSPS) is 24.0. The van der Waals surface area contributed by atoms with Gasteiger partial charge in [0.15, 0.2) is 0 Å². The molecule has 1 aliphatic heterocycles. The van der Waals surface area contributed by atoms with E-state index in [0.29, 0.717) is 6.61 Å². The summed E-state index contributed by atoms with van der Waals surface area (Å²) in [6.45, 7) is 2.71. The lowest BCUT2D eigenvalue weighted by atomic mass is 10.0. The molecule has 0 aliphatic carbocycles. The zero-order valence-corrected chi connectivity index (χ0v) is 10.5. The van der Waals surface area contributed by atoms with Crippen molar-refractivity contribution in [3.63, 3.8) is 0 Å². The number of benzene rings is 1. The molecule has 0 radical (unpaired) electrons. The maximum Gasteiger partial charge on any atom is 0.573 e. The molecular weight excluding hydrogens is 259 g/mol. The van der Waals surface area contributed by atoms with Gasteiger partial charge in [0.25, 0.3) is 0 Å². The molecule has 1 saturated heterocycles. The molecule has 2 rings (SSSR count). The predicted octanol–water partition coefficient (Wildman–Crippen LogP) is 3.56. The molecule has 106 valence electrons. The van der Waals surface area contributed by atoms with Crippen LogP contribution in [0.4, 0.5) is 18.9 Å². The summed E-state index contributed by atoms with van der Waals surface area (Å²) in [5.74, 6) is -0.210. The summed E-state index contributed by atoms with van der Waals surface area (Å²) in [4.78, 5) is 0. The quantitative estimate of drug-likeness (QED) is 0.914. The Balaban J connectivity index is 1.91. The van der Waals surface area contributed by atoms with Crippen LogP contribution in [0, 0.1) is 0 Å². The van der Waals surface area contributed by atoms with E-state index in [1.807, 2.05) is 6.92 Å². The summed E-state index contributed by atoms with van der Waals surface area (Å²) in [7, 11) is 0. The van der Waals surface area contributed by atoms with Gasteiger partial charge in [0.05, 0.1) is 6.10 Å². The van der Waals surface area contributed by atoms with Crippen molar-refractivity contribution in [2.45, 2.75) is 38.3 Å². The van der Waals surface area contributed by atoms with E-state index in [1.165, 1.54) is 12.1 Å². The molecular formula is C13H16F3NO2. The second kappa shape index (κ2) is 5.69. The van der Waals surface area contributed by atoms with Crippen LogP contribution in [0.1, 0.15) is 19.8 Å². The first-order valence-electron chi connectivity index (χ1n) is 6.16. The molecule has 1 aromatic rings. The van der Waals surface area contributed by atoms with Crippen LogP contribution in [0.2, 0.25) is 0 Å². The molecule has 1 fully saturated rings. The van der Waals surface area contributed by atoms with Gasteiger partial charge in [-0.15, -0.1) is 13.2 Å². The summed E-state index contributed by atoms with van der Waals surface area (Å²) in [5.41, 5.74) is 0.786. The minimum absolute atomic E-state index is 0.207. The molecule has 0 aromatic heterocycles. The molecule has 1 heterocycles. The highest BCUT2D eigenvalue weighted by molar-refractivity contribution is 5.47. The van der Waals surface area contributed by atoms with Gasteiger partial charge in [0.1, 0.15) is 5.75 Å². The number of nitrogens with one attached hydrogen (secondary N) is 1. The molecule has 6 heteroatoms. The van der Waals surface area contributed by atoms with E-state index in [-0.39, 0.29) is 17.9 Å². The molecule has 0 saturated carbocycles.